The summed E-state index contributed by atoms with van der Waals surface area (Å²) in [5.41, 5.74) is 0. The molecule has 0 aliphatic heterocycles. The van der Waals surface area contributed by atoms with Gasteiger partial charge in [-0.25, -0.2) is 0 Å². The summed E-state index contributed by atoms with van der Waals surface area (Å²) in [5.74, 6) is 4.03. The topological polar surface area (TPSA) is 20.3 Å². The molecule has 3 atom stereocenters. The van der Waals surface area contributed by atoms with Gasteiger partial charge in [-0.15, -0.1) is 0 Å². The number of hydrogen-bond acceptors (Lipinski definition) is 1. The monoisotopic (exact) mass is 275 g/mol. The number of nitrogens with zero attached hydrogens (tertiary/aromatic N) is 1. The highest BCUT2D eigenvalue weighted by Crippen LogP contribution is 2.49. The van der Waals surface area contributed by atoms with Crippen molar-refractivity contribution >= 4 is 5.91 Å². The van der Waals surface area contributed by atoms with Gasteiger partial charge >= 0.3 is 0 Å². The second-order valence-electron chi connectivity index (χ2n) is 7.62. The van der Waals surface area contributed by atoms with Crippen molar-refractivity contribution in [1.82, 2.24) is 4.90 Å². The largest absolute Gasteiger partial charge is 0.342 e. The predicted molar refractivity (Wildman–Crippen MR) is 82.2 cm³/mol. The van der Waals surface area contributed by atoms with Crippen LogP contribution in [0.25, 0.3) is 0 Å². The molecular weight excluding hydrogens is 246 g/mol. The zero-order chi connectivity index (χ0) is 14.1. The first-order valence-corrected chi connectivity index (χ1v) is 8.59. The molecule has 3 unspecified atom stereocenters. The Bertz CT molecular complexity index is 383. The van der Waals surface area contributed by atoms with Gasteiger partial charge in [0.15, 0.2) is 0 Å². The van der Waals surface area contributed by atoms with Gasteiger partial charge in [0.1, 0.15) is 0 Å². The molecule has 0 aromatic heterocycles. The summed E-state index contributed by atoms with van der Waals surface area (Å²) < 4.78 is 0. The van der Waals surface area contributed by atoms with Crippen LogP contribution < -0.4 is 0 Å². The van der Waals surface area contributed by atoms with Crippen LogP contribution in [0.4, 0.5) is 0 Å². The van der Waals surface area contributed by atoms with Gasteiger partial charge in [0.2, 0.25) is 5.91 Å². The van der Waals surface area contributed by atoms with Crippen LogP contribution >= 0.6 is 0 Å². The zero-order valence-electron chi connectivity index (χ0n) is 13.1. The van der Waals surface area contributed by atoms with Crippen LogP contribution in [0.1, 0.15) is 52.4 Å². The fourth-order valence-corrected chi connectivity index (χ4v) is 3.83. The molecule has 3 rings (SSSR count). The third-order valence-electron chi connectivity index (χ3n) is 5.17. The summed E-state index contributed by atoms with van der Waals surface area (Å²) in [7, 11) is 0. The SMILES string of the molecule is CC(C)CN(CC1CC1C1CC=CCC1)C(=O)C1CC1. The maximum absolute atomic E-state index is 12.4. The molecule has 3 aliphatic rings. The number of rotatable bonds is 6. The lowest BCUT2D eigenvalue weighted by atomic mass is 9.89. The first-order chi connectivity index (χ1) is 9.65. The molecular formula is C18H29NO. The fraction of sp³-hybridized carbons (Fsp3) is 0.833. The standard InChI is InChI=1S/C18H29NO/c1-13(2)11-19(18(20)15-8-9-15)12-16-10-17(16)14-6-4-3-5-7-14/h3-4,13-17H,5-12H2,1-2H3. The van der Waals surface area contributed by atoms with Gasteiger partial charge in [-0.3, -0.25) is 4.79 Å². The van der Waals surface area contributed by atoms with Crippen LogP contribution in [0.15, 0.2) is 12.2 Å². The van der Waals surface area contributed by atoms with E-state index in [1.807, 2.05) is 0 Å². The highest BCUT2D eigenvalue weighted by Gasteiger charge is 2.44. The third kappa shape index (κ3) is 3.45. The van der Waals surface area contributed by atoms with Gasteiger partial charge in [0, 0.05) is 19.0 Å². The summed E-state index contributed by atoms with van der Waals surface area (Å²) in [6, 6.07) is 0. The van der Waals surface area contributed by atoms with Crippen LogP contribution in [-0.2, 0) is 4.79 Å². The lowest BCUT2D eigenvalue weighted by Gasteiger charge is -2.26. The number of carbonyl (C=O) groups excluding carboxylic acids is 1. The Morgan fingerprint density at radius 1 is 1.25 bits per heavy atom. The first kappa shape index (κ1) is 14.2. The number of hydrogen-bond donors (Lipinski definition) is 0. The van der Waals surface area contributed by atoms with E-state index in [1.165, 1.54) is 25.7 Å². The van der Waals surface area contributed by atoms with E-state index >= 15 is 0 Å². The van der Waals surface area contributed by atoms with Crippen molar-refractivity contribution in [1.29, 1.82) is 0 Å². The Balaban J connectivity index is 1.51. The molecule has 0 heterocycles. The van der Waals surface area contributed by atoms with Crippen molar-refractivity contribution in [2.45, 2.75) is 52.4 Å². The highest BCUT2D eigenvalue weighted by molar-refractivity contribution is 5.81. The molecule has 2 nitrogen and oxygen atoms in total. The molecule has 2 fully saturated rings. The van der Waals surface area contributed by atoms with Crippen molar-refractivity contribution < 1.29 is 4.79 Å². The third-order valence-corrected chi connectivity index (χ3v) is 5.17. The van der Waals surface area contributed by atoms with Crippen molar-refractivity contribution in [3.63, 3.8) is 0 Å². The number of amides is 1. The van der Waals surface area contributed by atoms with E-state index in [-0.39, 0.29) is 0 Å². The van der Waals surface area contributed by atoms with Crippen molar-refractivity contribution in [2.24, 2.45) is 29.6 Å². The van der Waals surface area contributed by atoms with Crippen LogP contribution in [0.5, 0.6) is 0 Å². The highest BCUT2D eigenvalue weighted by atomic mass is 16.2. The summed E-state index contributed by atoms with van der Waals surface area (Å²) in [4.78, 5) is 14.6. The second kappa shape index (κ2) is 5.91. The van der Waals surface area contributed by atoms with Gasteiger partial charge in [0.25, 0.3) is 0 Å². The van der Waals surface area contributed by atoms with Crippen LogP contribution in [0.3, 0.4) is 0 Å². The van der Waals surface area contributed by atoms with Gasteiger partial charge in [-0.05, 0) is 62.2 Å². The Kier molecular flexibility index (Phi) is 4.18. The molecule has 2 saturated carbocycles. The molecule has 0 radical (unpaired) electrons. The smallest absolute Gasteiger partial charge is 0.225 e. The Morgan fingerprint density at radius 2 is 2.05 bits per heavy atom. The molecule has 0 N–H and O–H groups in total. The molecule has 20 heavy (non-hydrogen) atoms. The minimum atomic E-state index is 0.378. The van der Waals surface area contributed by atoms with Gasteiger partial charge in [-0.1, -0.05) is 26.0 Å². The average molecular weight is 275 g/mol. The molecule has 1 amide bonds. The van der Waals surface area contributed by atoms with E-state index in [0.29, 0.717) is 17.7 Å². The van der Waals surface area contributed by atoms with E-state index in [0.717, 1.165) is 43.7 Å². The van der Waals surface area contributed by atoms with Crippen LogP contribution in [0, 0.1) is 29.6 Å². The Morgan fingerprint density at radius 3 is 2.65 bits per heavy atom. The molecule has 112 valence electrons. The zero-order valence-corrected chi connectivity index (χ0v) is 13.1. The summed E-state index contributed by atoms with van der Waals surface area (Å²) in [5, 5.41) is 0. The first-order valence-electron chi connectivity index (χ1n) is 8.59. The van der Waals surface area contributed by atoms with E-state index in [1.54, 1.807) is 0 Å². The van der Waals surface area contributed by atoms with E-state index in [2.05, 4.69) is 30.9 Å². The molecule has 3 aliphatic carbocycles. The van der Waals surface area contributed by atoms with Crippen molar-refractivity contribution in [3.05, 3.63) is 12.2 Å². The molecule has 0 saturated heterocycles. The van der Waals surface area contributed by atoms with Gasteiger partial charge < -0.3 is 4.90 Å². The van der Waals surface area contributed by atoms with E-state index < -0.39 is 0 Å². The average Bonchev–Trinajstić information content (AvgIpc) is 3.32. The molecule has 2 heteroatoms. The number of carbonyl (C=O) groups is 1. The summed E-state index contributed by atoms with van der Waals surface area (Å²) in [6.07, 6.45) is 12.3. The second-order valence-corrected chi connectivity index (χ2v) is 7.62. The normalized spacial score (nSPS) is 32.5. The van der Waals surface area contributed by atoms with Gasteiger partial charge in [-0.2, -0.15) is 0 Å². The Labute approximate surface area is 123 Å². The predicted octanol–water partition coefficient (Wildman–Crippen LogP) is 3.87. The Hall–Kier alpha value is -0.790. The fourth-order valence-electron chi connectivity index (χ4n) is 3.83. The maximum atomic E-state index is 12.4. The van der Waals surface area contributed by atoms with Crippen molar-refractivity contribution in [2.75, 3.05) is 13.1 Å². The summed E-state index contributed by atoms with van der Waals surface area (Å²) >= 11 is 0. The van der Waals surface area contributed by atoms with Gasteiger partial charge in [0.05, 0.1) is 0 Å². The lowest BCUT2D eigenvalue weighted by Crippen LogP contribution is -2.37. The molecule has 0 aromatic carbocycles. The summed E-state index contributed by atoms with van der Waals surface area (Å²) in [6.45, 7) is 6.45. The maximum Gasteiger partial charge on any atom is 0.225 e. The minimum absolute atomic E-state index is 0.378. The quantitative estimate of drug-likeness (QED) is 0.674. The van der Waals surface area contributed by atoms with E-state index in [9.17, 15) is 4.79 Å². The van der Waals surface area contributed by atoms with Crippen LogP contribution in [0.2, 0.25) is 0 Å². The van der Waals surface area contributed by atoms with Crippen molar-refractivity contribution in [3.8, 4) is 0 Å². The van der Waals surface area contributed by atoms with E-state index in [4.69, 9.17) is 0 Å². The number of allylic oxidation sites excluding steroid dienone is 2. The molecule has 0 spiro atoms. The minimum Gasteiger partial charge on any atom is -0.342 e. The lowest BCUT2D eigenvalue weighted by molar-refractivity contribution is -0.133. The van der Waals surface area contributed by atoms with Crippen LogP contribution in [-0.4, -0.2) is 23.9 Å². The molecule has 0 aromatic rings. The molecule has 0 bridgehead atoms.